The van der Waals surface area contributed by atoms with Crippen LogP contribution in [0.4, 0.5) is 4.39 Å². The number of ether oxygens (including phenoxy) is 1. The summed E-state index contributed by atoms with van der Waals surface area (Å²) in [4.78, 5) is 0. The van der Waals surface area contributed by atoms with Gasteiger partial charge in [0.1, 0.15) is 17.7 Å². The molecule has 0 N–H and O–H groups in total. The standard InChI is InChI=1S/C16H13BrClFO/c1-9-2-3-11(18)6-14(9)15-7-12(19)4-10-5-13(8-17)20-16(10)15/h2-4,6-7,13H,5,8H2,1H3. The molecule has 20 heavy (non-hydrogen) atoms. The predicted molar refractivity (Wildman–Crippen MR) is 83.5 cm³/mol. The Morgan fingerprint density at radius 3 is 2.85 bits per heavy atom. The SMILES string of the molecule is Cc1ccc(Cl)cc1-c1cc(F)cc2c1OC(CBr)C2. The van der Waals surface area contributed by atoms with Crippen molar-refractivity contribution in [3.05, 3.63) is 52.3 Å². The molecule has 0 bridgehead atoms. The van der Waals surface area contributed by atoms with Gasteiger partial charge in [0.25, 0.3) is 0 Å². The number of hydrogen-bond acceptors (Lipinski definition) is 1. The first-order chi connectivity index (χ1) is 9.58. The summed E-state index contributed by atoms with van der Waals surface area (Å²) < 4.78 is 19.8. The molecule has 2 aromatic rings. The second-order valence-electron chi connectivity index (χ2n) is 5.00. The van der Waals surface area contributed by atoms with Crippen LogP contribution in [-0.2, 0) is 6.42 Å². The Labute approximate surface area is 130 Å². The van der Waals surface area contributed by atoms with Crippen LogP contribution in [0.3, 0.4) is 0 Å². The van der Waals surface area contributed by atoms with Gasteiger partial charge in [-0.3, -0.25) is 0 Å². The molecule has 2 aromatic carbocycles. The molecular weight excluding hydrogens is 343 g/mol. The summed E-state index contributed by atoms with van der Waals surface area (Å²) in [6, 6.07) is 8.71. The number of alkyl halides is 1. The quantitative estimate of drug-likeness (QED) is 0.677. The third-order valence-corrected chi connectivity index (χ3v) is 4.48. The largest absolute Gasteiger partial charge is 0.488 e. The van der Waals surface area contributed by atoms with E-state index in [4.69, 9.17) is 16.3 Å². The van der Waals surface area contributed by atoms with Gasteiger partial charge in [0, 0.05) is 27.9 Å². The van der Waals surface area contributed by atoms with E-state index < -0.39 is 0 Å². The first-order valence-corrected chi connectivity index (χ1v) is 7.90. The molecule has 0 fully saturated rings. The zero-order chi connectivity index (χ0) is 14.3. The number of rotatable bonds is 2. The van der Waals surface area contributed by atoms with Gasteiger partial charge in [-0.25, -0.2) is 4.39 Å². The first kappa shape index (κ1) is 13.9. The molecule has 0 saturated heterocycles. The summed E-state index contributed by atoms with van der Waals surface area (Å²) in [5, 5.41) is 1.37. The lowest BCUT2D eigenvalue weighted by atomic mass is 9.97. The molecule has 1 nitrogen and oxygen atoms in total. The van der Waals surface area contributed by atoms with Crippen molar-refractivity contribution in [1.29, 1.82) is 0 Å². The van der Waals surface area contributed by atoms with Crippen LogP contribution in [0.1, 0.15) is 11.1 Å². The molecule has 1 heterocycles. The lowest BCUT2D eigenvalue weighted by Gasteiger charge is -2.13. The van der Waals surface area contributed by atoms with Crippen LogP contribution in [0.5, 0.6) is 5.75 Å². The van der Waals surface area contributed by atoms with E-state index in [9.17, 15) is 4.39 Å². The molecule has 1 unspecified atom stereocenters. The zero-order valence-electron chi connectivity index (χ0n) is 10.9. The predicted octanol–water partition coefficient (Wildman–Crippen LogP) is 5.15. The van der Waals surface area contributed by atoms with Crippen LogP contribution in [0.2, 0.25) is 5.02 Å². The number of hydrogen-bond donors (Lipinski definition) is 0. The van der Waals surface area contributed by atoms with Crippen molar-refractivity contribution in [3.8, 4) is 16.9 Å². The molecule has 4 heteroatoms. The van der Waals surface area contributed by atoms with Crippen LogP contribution in [0.15, 0.2) is 30.3 Å². The second kappa shape index (κ2) is 5.38. The molecule has 3 rings (SSSR count). The average Bonchev–Trinajstić information content (AvgIpc) is 2.83. The van der Waals surface area contributed by atoms with Gasteiger partial charge in [-0.15, -0.1) is 0 Å². The van der Waals surface area contributed by atoms with Crippen LogP contribution < -0.4 is 4.74 Å². The van der Waals surface area contributed by atoms with E-state index in [2.05, 4.69) is 15.9 Å². The van der Waals surface area contributed by atoms with Crippen LogP contribution in [0.25, 0.3) is 11.1 Å². The van der Waals surface area contributed by atoms with Gasteiger partial charge < -0.3 is 4.74 Å². The van der Waals surface area contributed by atoms with Crippen LogP contribution in [0, 0.1) is 12.7 Å². The van der Waals surface area contributed by atoms with Crippen LogP contribution in [-0.4, -0.2) is 11.4 Å². The minimum absolute atomic E-state index is 0.0602. The summed E-state index contributed by atoms with van der Waals surface area (Å²) in [5.41, 5.74) is 3.67. The summed E-state index contributed by atoms with van der Waals surface area (Å²) in [6.45, 7) is 1.99. The van der Waals surface area contributed by atoms with Gasteiger partial charge in [0.05, 0.1) is 0 Å². The third kappa shape index (κ3) is 2.45. The van der Waals surface area contributed by atoms with Gasteiger partial charge in [-0.05, 0) is 42.3 Å². The maximum Gasteiger partial charge on any atom is 0.131 e. The summed E-state index contributed by atoms with van der Waals surface area (Å²) >= 11 is 9.49. The molecule has 1 aliphatic heterocycles. The van der Waals surface area contributed by atoms with Crippen molar-refractivity contribution >= 4 is 27.5 Å². The van der Waals surface area contributed by atoms with E-state index in [1.165, 1.54) is 6.07 Å². The van der Waals surface area contributed by atoms with E-state index in [0.29, 0.717) is 5.02 Å². The lowest BCUT2D eigenvalue weighted by Crippen LogP contribution is -2.13. The lowest BCUT2D eigenvalue weighted by molar-refractivity contribution is 0.261. The van der Waals surface area contributed by atoms with Gasteiger partial charge in [0.2, 0.25) is 0 Å². The Kier molecular flexibility index (Phi) is 3.74. The highest BCUT2D eigenvalue weighted by molar-refractivity contribution is 9.09. The Bertz CT molecular complexity index is 672. The second-order valence-corrected chi connectivity index (χ2v) is 6.08. The normalized spacial score (nSPS) is 16.9. The summed E-state index contributed by atoms with van der Waals surface area (Å²) in [5.74, 6) is 0.540. The van der Waals surface area contributed by atoms with E-state index >= 15 is 0 Å². The van der Waals surface area contributed by atoms with Crippen molar-refractivity contribution < 1.29 is 9.13 Å². The molecule has 0 spiro atoms. The monoisotopic (exact) mass is 354 g/mol. The maximum atomic E-state index is 13.9. The highest BCUT2D eigenvalue weighted by Gasteiger charge is 2.26. The van der Waals surface area contributed by atoms with E-state index in [1.807, 2.05) is 25.1 Å². The summed E-state index contributed by atoms with van der Waals surface area (Å²) in [7, 11) is 0. The fourth-order valence-corrected chi connectivity index (χ4v) is 3.10. The first-order valence-electron chi connectivity index (χ1n) is 6.40. The van der Waals surface area contributed by atoms with Gasteiger partial charge in [-0.2, -0.15) is 0 Å². The number of halogens is 3. The summed E-state index contributed by atoms with van der Waals surface area (Å²) in [6.07, 6.45) is 0.787. The topological polar surface area (TPSA) is 9.23 Å². The molecular formula is C16H13BrClFO. The Hall–Kier alpha value is -1.06. The van der Waals surface area contributed by atoms with Crippen LogP contribution >= 0.6 is 27.5 Å². The van der Waals surface area contributed by atoms with E-state index in [-0.39, 0.29) is 11.9 Å². The van der Waals surface area contributed by atoms with Crippen molar-refractivity contribution in [2.24, 2.45) is 0 Å². The molecule has 0 saturated carbocycles. The number of benzene rings is 2. The Balaban J connectivity index is 2.18. The minimum atomic E-state index is -0.239. The zero-order valence-corrected chi connectivity index (χ0v) is 13.3. The van der Waals surface area contributed by atoms with E-state index in [0.717, 1.165) is 39.8 Å². The number of aryl methyl sites for hydroxylation is 1. The van der Waals surface area contributed by atoms with Crippen molar-refractivity contribution in [3.63, 3.8) is 0 Å². The maximum absolute atomic E-state index is 13.9. The smallest absolute Gasteiger partial charge is 0.131 e. The Morgan fingerprint density at radius 2 is 2.10 bits per heavy atom. The van der Waals surface area contributed by atoms with Crippen molar-refractivity contribution in [2.75, 3.05) is 5.33 Å². The number of fused-ring (bicyclic) bond motifs is 1. The van der Waals surface area contributed by atoms with Gasteiger partial charge >= 0.3 is 0 Å². The highest BCUT2D eigenvalue weighted by atomic mass is 79.9. The molecule has 0 radical (unpaired) electrons. The minimum Gasteiger partial charge on any atom is -0.488 e. The van der Waals surface area contributed by atoms with Crippen molar-refractivity contribution in [2.45, 2.75) is 19.4 Å². The molecule has 0 amide bonds. The average molecular weight is 356 g/mol. The van der Waals surface area contributed by atoms with Gasteiger partial charge in [0.15, 0.2) is 0 Å². The molecule has 1 aliphatic rings. The molecule has 0 aliphatic carbocycles. The third-order valence-electron chi connectivity index (χ3n) is 3.52. The van der Waals surface area contributed by atoms with Gasteiger partial charge in [-0.1, -0.05) is 33.6 Å². The Morgan fingerprint density at radius 1 is 1.30 bits per heavy atom. The molecule has 1 atom stereocenters. The molecule has 104 valence electrons. The van der Waals surface area contributed by atoms with E-state index in [1.54, 1.807) is 6.07 Å². The molecule has 0 aromatic heterocycles. The van der Waals surface area contributed by atoms with Crippen molar-refractivity contribution in [1.82, 2.24) is 0 Å². The fraction of sp³-hybridized carbons (Fsp3) is 0.250. The highest BCUT2D eigenvalue weighted by Crippen LogP contribution is 2.41. The fourth-order valence-electron chi connectivity index (χ4n) is 2.56.